The predicted octanol–water partition coefficient (Wildman–Crippen LogP) is 3.15. The van der Waals surface area contributed by atoms with Crippen molar-refractivity contribution in [2.24, 2.45) is 5.73 Å². The molecule has 2 atom stereocenters. The number of aliphatic hydroxyl groups is 1. The number of methoxy groups -OCH3 is 1. The van der Waals surface area contributed by atoms with E-state index in [0.717, 1.165) is 5.56 Å². The minimum Gasteiger partial charge on any atom is -0.496 e. The lowest BCUT2D eigenvalue weighted by Crippen LogP contribution is -2.57. The number of hydrogen-bond acceptors (Lipinski definition) is 9. The van der Waals surface area contributed by atoms with E-state index in [1.54, 1.807) is 30.6 Å². The quantitative estimate of drug-likeness (QED) is 0.314. The van der Waals surface area contributed by atoms with Crippen LogP contribution in [0.1, 0.15) is 23.0 Å². The van der Waals surface area contributed by atoms with Crippen molar-refractivity contribution in [2.75, 3.05) is 31.7 Å². The van der Waals surface area contributed by atoms with Crippen molar-refractivity contribution in [3.05, 3.63) is 78.1 Å². The van der Waals surface area contributed by atoms with Gasteiger partial charge in [-0.15, -0.1) is 0 Å². The molecule has 4 aromatic rings. The van der Waals surface area contributed by atoms with Crippen molar-refractivity contribution < 1.29 is 19.0 Å². The third-order valence-electron chi connectivity index (χ3n) is 7.11. The smallest absolute Gasteiger partial charge is 0.268 e. The van der Waals surface area contributed by atoms with Gasteiger partial charge >= 0.3 is 0 Å². The van der Waals surface area contributed by atoms with E-state index in [-0.39, 0.29) is 41.5 Å². The molecule has 11 heteroatoms. The fourth-order valence-corrected chi connectivity index (χ4v) is 5.08. The Morgan fingerprint density at radius 3 is 2.80 bits per heavy atom. The van der Waals surface area contributed by atoms with Crippen LogP contribution in [0, 0.1) is 17.1 Å². The molecule has 208 valence electrons. The van der Waals surface area contributed by atoms with Crippen LogP contribution in [-0.4, -0.2) is 64.9 Å². The summed E-state index contributed by atoms with van der Waals surface area (Å²) in [7, 11) is 1.40. The summed E-state index contributed by atoms with van der Waals surface area (Å²) in [5, 5.41) is 23.3. The molecule has 1 fully saturated rings. The van der Waals surface area contributed by atoms with Gasteiger partial charge in [0.1, 0.15) is 17.3 Å². The highest BCUT2D eigenvalue weighted by atomic mass is 19.1. The Bertz CT molecular complexity index is 1660. The van der Waals surface area contributed by atoms with E-state index in [0.29, 0.717) is 41.0 Å². The minimum absolute atomic E-state index is 0.0107. The Morgan fingerprint density at radius 1 is 1.24 bits per heavy atom. The van der Waals surface area contributed by atoms with E-state index in [2.05, 4.69) is 31.2 Å². The third kappa shape index (κ3) is 5.30. The number of amides is 1. The van der Waals surface area contributed by atoms with Crippen molar-refractivity contribution in [3.63, 3.8) is 0 Å². The monoisotopic (exact) mass is 553 g/mol. The van der Waals surface area contributed by atoms with Gasteiger partial charge in [-0.3, -0.25) is 9.78 Å². The van der Waals surface area contributed by atoms with Gasteiger partial charge in [0.2, 0.25) is 0 Å². The Kier molecular flexibility index (Phi) is 7.87. The Morgan fingerprint density at radius 2 is 2.07 bits per heavy atom. The summed E-state index contributed by atoms with van der Waals surface area (Å²) in [6, 6.07) is 13.5. The molecule has 1 amide bonds. The highest BCUT2D eigenvalue weighted by molar-refractivity contribution is 6.00. The zero-order chi connectivity index (χ0) is 29.1. The van der Waals surface area contributed by atoms with E-state index in [9.17, 15) is 19.6 Å². The number of anilines is 1. The molecule has 0 radical (unpaired) electrons. The first-order valence-corrected chi connectivity index (χ1v) is 13.0. The van der Waals surface area contributed by atoms with Crippen LogP contribution in [0.2, 0.25) is 0 Å². The highest BCUT2D eigenvalue weighted by Gasteiger charge is 2.29. The second-order valence-electron chi connectivity index (χ2n) is 9.70. The van der Waals surface area contributed by atoms with Crippen molar-refractivity contribution >= 4 is 11.6 Å². The molecule has 2 aromatic carbocycles. The van der Waals surface area contributed by atoms with Crippen LogP contribution in [0.25, 0.3) is 33.6 Å². The number of nitrogens with one attached hydrogen (secondary N) is 1. The second kappa shape index (κ2) is 11.7. The summed E-state index contributed by atoms with van der Waals surface area (Å²) in [5.41, 5.74) is 9.15. The normalized spacial score (nSPS) is 16.7. The first kappa shape index (κ1) is 27.6. The van der Waals surface area contributed by atoms with E-state index in [1.807, 2.05) is 19.1 Å². The topological polar surface area (TPSA) is 150 Å². The SMILES string of the molecule is COc1cccc(F)c1-c1ncc(-c2ccc(-c3cnccc3C#N)cc2N2C[C@H](C)NC[C@H]2CO)c(C(N)=O)n1. The Balaban J connectivity index is 1.73. The van der Waals surface area contributed by atoms with Crippen molar-refractivity contribution in [1.82, 2.24) is 20.3 Å². The third-order valence-corrected chi connectivity index (χ3v) is 7.11. The number of carbonyl (C=O) groups excluding carboxylic acids is 1. The maximum absolute atomic E-state index is 14.8. The van der Waals surface area contributed by atoms with Crippen LogP contribution in [0.5, 0.6) is 5.75 Å². The van der Waals surface area contributed by atoms with Gasteiger partial charge in [-0.05, 0) is 36.8 Å². The second-order valence-corrected chi connectivity index (χ2v) is 9.70. The molecule has 0 spiro atoms. The van der Waals surface area contributed by atoms with Gasteiger partial charge in [-0.2, -0.15) is 5.26 Å². The lowest BCUT2D eigenvalue weighted by Gasteiger charge is -2.41. The Hall–Kier alpha value is -4.92. The summed E-state index contributed by atoms with van der Waals surface area (Å²) >= 11 is 0. The first-order chi connectivity index (χ1) is 19.9. The zero-order valence-corrected chi connectivity index (χ0v) is 22.5. The lowest BCUT2D eigenvalue weighted by molar-refractivity contribution is 0.0996. The van der Waals surface area contributed by atoms with Gasteiger partial charge in [0.05, 0.1) is 37.0 Å². The van der Waals surface area contributed by atoms with Crippen LogP contribution in [0.15, 0.2) is 61.1 Å². The fourth-order valence-electron chi connectivity index (χ4n) is 5.08. The average Bonchev–Trinajstić information content (AvgIpc) is 3.00. The summed E-state index contributed by atoms with van der Waals surface area (Å²) in [5.74, 6) is -1.26. The number of nitrogens with two attached hydrogens (primary N) is 1. The van der Waals surface area contributed by atoms with Gasteiger partial charge < -0.3 is 25.8 Å². The number of ether oxygens (including phenoxy) is 1. The number of primary amides is 1. The molecule has 1 aliphatic heterocycles. The summed E-state index contributed by atoms with van der Waals surface area (Å²) in [6.07, 6.45) is 4.62. The number of halogens is 1. The molecule has 10 nitrogen and oxygen atoms in total. The number of aliphatic hydroxyl groups excluding tert-OH is 1. The molecule has 0 aliphatic carbocycles. The predicted molar refractivity (Wildman–Crippen MR) is 152 cm³/mol. The first-order valence-electron chi connectivity index (χ1n) is 13.0. The molecular formula is C30H28FN7O3. The number of pyridine rings is 1. The number of aromatic nitrogens is 3. The van der Waals surface area contributed by atoms with Crippen LogP contribution in [-0.2, 0) is 0 Å². The number of nitriles is 1. The molecule has 0 saturated carbocycles. The number of benzene rings is 2. The number of carbonyl (C=O) groups is 1. The van der Waals surface area contributed by atoms with Crippen LogP contribution >= 0.6 is 0 Å². The van der Waals surface area contributed by atoms with Gasteiger partial charge in [0, 0.05) is 60.1 Å². The van der Waals surface area contributed by atoms with Gasteiger partial charge in [-0.1, -0.05) is 18.2 Å². The van der Waals surface area contributed by atoms with Crippen LogP contribution < -0.4 is 20.7 Å². The number of nitrogens with zero attached hydrogens (tertiary/aromatic N) is 5. The lowest BCUT2D eigenvalue weighted by atomic mass is 9.94. The van der Waals surface area contributed by atoms with Crippen LogP contribution in [0.4, 0.5) is 10.1 Å². The zero-order valence-electron chi connectivity index (χ0n) is 22.5. The van der Waals surface area contributed by atoms with Gasteiger partial charge in [0.15, 0.2) is 5.82 Å². The van der Waals surface area contributed by atoms with Crippen molar-refractivity contribution in [3.8, 4) is 45.5 Å². The molecule has 0 bridgehead atoms. The number of piperazine rings is 1. The van der Waals surface area contributed by atoms with E-state index < -0.39 is 11.7 Å². The van der Waals surface area contributed by atoms with Gasteiger partial charge in [0.25, 0.3) is 5.91 Å². The highest BCUT2D eigenvalue weighted by Crippen LogP contribution is 2.39. The molecule has 1 aliphatic rings. The van der Waals surface area contributed by atoms with E-state index in [1.165, 1.54) is 25.4 Å². The molecule has 0 unspecified atom stereocenters. The summed E-state index contributed by atoms with van der Waals surface area (Å²) in [4.78, 5) is 27.8. The summed E-state index contributed by atoms with van der Waals surface area (Å²) in [6.45, 7) is 3.00. The Labute approximate surface area is 236 Å². The van der Waals surface area contributed by atoms with E-state index in [4.69, 9.17) is 10.5 Å². The minimum atomic E-state index is -0.819. The van der Waals surface area contributed by atoms with Gasteiger partial charge in [-0.25, -0.2) is 14.4 Å². The number of hydrogen-bond donors (Lipinski definition) is 3. The van der Waals surface area contributed by atoms with Crippen molar-refractivity contribution in [1.29, 1.82) is 5.26 Å². The molecule has 3 heterocycles. The van der Waals surface area contributed by atoms with Crippen molar-refractivity contribution in [2.45, 2.75) is 19.0 Å². The van der Waals surface area contributed by atoms with Crippen LogP contribution in [0.3, 0.4) is 0 Å². The maximum Gasteiger partial charge on any atom is 0.268 e. The molecule has 2 aromatic heterocycles. The largest absolute Gasteiger partial charge is 0.496 e. The molecule has 1 saturated heterocycles. The molecule has 4 N–H and O–H groups in total. The molecular weight excluding hydrogens is 525 g/mol. The molecule has 5 rings (SSSR count). The number of rotatable bonds is 7. The summed E-state index contributed by atoms with van der Waals surface area (Å²) < 4.78 is 20.1. The maximum atomic E-state index is 14.8. The fraction of sp³-hybridized carbons (Fsp3) is 0.233. The standard InChI is InChI=1S/C30H28FN7O3/c1-17-15-38(20(16-39)12-35-17)25-10-18(22-13-34-9-8-19(22)11-32)6-7-21(25)23-14-36-30(37-28(23)29(33)40)27-24(31)4-3-5-26(27)41-2/h3-10,13-14,17,20,35,39H,12,15-16H2,1-2H3,(H2,33,40)/t17-,20-/m0/s1. The average molecular weight is 554 g/mol. The van der Waals surface area contributed by atoms with E-state index >= 15 is 0 Å². The molecule has 41 heavy (non-hydrogen) atoms.